The highest BCUT2D eigenvalue weighted by Gasteiger charge is 2.11. The topological polar surface area (TPSA) is 42.0 Å². The molecule has 3 nitrogen and oxygen atoms in total. The summed E-state index contributed by atoms with van der Waals surface area (Å²) in [5, 5.41) is 9.28. The van der Waals surface area contributed by atoms with Crippen molar-refractivity contribution < 1.29 is 4.79 Å². The SMILES string of the molecule is O=C(Nc1nccs1)c1cc(-c2cccs2)cs1. The predicted octanol–water partition coefficient (Wildman–Crippen LogP) is 4.19. The molecule has 0 aliphatic rings. The second kappa shape index (κ2) is 5.01. The Morgan fingerprint density at radius 2 is 2.17 bits per heavy atom. The Bertz CT molecular complexity index is 641. The number of amides is 1. The number of carbonyl (C=O) groups excluding carboxylic acids is 1. The molecule has 0 unspecified atom stereocenters. The van der Waals surface area contributed by atoms with Crippen molar-refractivity contribution in [1.29, 1.82) is 0 Å². The molecule has 0 bridgehead atoms. The largest absolute Gasteiger partial charge is 0.297 e. The normalized spacial score (nSPS) is 10.4. The van der Waals surface area contributed by atoms with Gasteiger partial charge in [-0.2, -0.15) is 0 Å². The van der Waals surface area contributed by atoms with Gasteiger partial charge in [-0.1, -0.05) is 6.07 Å². The molecule has 0 spiro atoms. The minimum atomic E-state index is -0.0993. The third kappa shape index (κ3) is 2.35. The summed E-state index contributed by atoms with van der Waals surface area (Å²) in [5.41, 5.74) is 1.10. The van der Waals surface area contributed by atoms with Gasteiger partial charge in [-0.15, -0.1) is 34.0 Å². The van der Waals surface area contributed by atoms with Crippen LogP contribution >= 0.6 is 34.0 Å². The van der Waals surface area contributed by atoms with E-state index in [0.29, 0.717) is 10.0 Å². The van der Waals surface area contributed by atoms with E-state index in [1.54, 1.807) is 17.5 Å². The van der Waals surface area contributed by atoms with Crippen LogP contribution in [0.1, 0.15) is 9.67 Å². The molecule has 0 saturated carbocycles. The lowest BCUT2D eigenvalue weighted by atomic mass is 10.2. The number of nitrogens with one attached hydrogen (secondary N) is 1. The number of rotatable bonds is 3. The minimum Gasteiger partial charge on any atom is -0.297 e. The quantitative estimate of drug-likeness (QED) is 0.786. The number of hydrogen-bond donors (Lipinski definition) is 1. The molecule has 6 heteroatoms. The van der Waals surface area contributed by atoms with Gasteiger partial charge in [-0.05, 0) is 17.5 Å². The number of aromatic nitrogens is 1. The Kier molecular flexibility index (Phi) is 3.22. The maximum atomic E-state index is 12.0. The smallest absolute Gasteiger partial charge is 0.267 e. The number of anilines is 1. The van der Waals surface area contributed by atoms with Crippen LogP contribution in [0.15, 0.2) is 40.5 Å². The highest BCUT2D eigenvalue weighted by molar-refractivity contribution is 7.15. The fraction of sp³-hybridized carbons (Fsp3) is 0. The molecule has 0 aliphatic heterocycles. The van der Waals surface area contributed by atoms with Crippen molar-refractivity contribution in [3.8, 4) is 10.4 Å². The van der Waals surface area contributed by atoms with Gasteiger partial charge < -0.3 is 0 Å². The van der Waals surface area contributed by atoms with Crippen LogP contribution in [0.4, 0.5) is 5.13 Å². The van der Waals surface area contributed by atoms with Crippen LogP contribution in [-0.4, -0.2) is 10.9 Å². The fourth-order valence-electron chi connectivity index (χ4n) is 1.47. The summed E-state index contributed by atoms with van der Waals surface area (Å²) < 4.78 is 0. The zero-order valence-corrected chi connectivity index (χ0v) is 11.6. The second-order valence-electron chi connectivity index (χ2n) is 3.47. The van der Waals surface area contributed by atoms with Gasteiger partial charge in [0.2, 0.25) is 0 Å². The molecule has 0 saturated heterocycles. The van der Waals surface area contributed by atoms with Gasteiger partial charge in [0.25, 0.3) is 5.91 Å². The molecule has 0 atom stereocenters. The van der Waals surface area contributed by atoms with Crippen molar-refractivity contribution >= 4 is 45.0 Å². The summed E-state index contributed by atoms with van der Waals surface area (Å²) >= 11 is 4.53. The van der Waals surface area contributed by atoms with Crippen molar-refractivity contribution in [2.75, 3.05) is 5.32 Å². The van der Waals surface area contributed by atoms with E-state index >= 15 is 0 Å². The van der Waals surface area contributed by atoms with Crippen molar-refractivity contribution in [3.05, 3.63) is 45.4 Å². The molecular weight excluding hydrogens is 284 g/mol. The monoisotopic (exact) mass is 292 g/mol. The van der Waals surface area contributed by atoms with Gasteiger partial charge >= 0.3 is 0 Å². The van der Waals surface area contributed by atoms with E-state index < -0.39 is 0 Å². The number of thiophene rings is 2. The van der Waals surface area contributed by atoms with Gasteiger partial charge in [-0.3, -0.25) is 10.1 Å². The van der Waals surface area contributed by atoms with Crippen LogP contribution in [0.5, 0.6) is 0 Å². The van der Waals surface area contributed by atoms with Crippen LogP contribution in [0.2, 0.25) is 0 Å². The zero-order chi connectivity index (χ0) is 12.4. The Balaban J connectivity index is 1.79. The van der Waals surface area contributed by atoms with Crippen LogP contribution < -0.4 is 5.32 Å². The van der Waals surface area contributed by atoms with E-state index in [1.807, 2.05) is 28.3 Å². The molecule has 90 valence electrons. The van der Waals surface area contributed by atoms with Crippen LogP contribution in [0, 0.1) is 0 Å². The average Bonchev–Trinajstić information content (AvgIpc) is 3.11. The summed E-state index contributed by atoms with van der Waals surface area (Å²) in [6.45, 7) is 0. The molecule has 0 aromatic carbocycles. The van der Waals surface area contributed by atoms with Gasteiger partial charge in [0, 0.05) is 27.4 Å². The molecule has 0 radical (unpaired) electrons. The molecule has 3 rings (SSSR count). The third-order valence-electron chi connectivity index (χ3n) is 2.28. The first-order valence-electron chi connectivity index (χ1n) is 5.16. The Morgan fingerprint density at radius 3 is 2.89 bits per heavy atom. The zero-order valence-electron chi connectivity index (χ0n) is 9.12. The molecule has 1 N–H and O–H groups in total. The van der Waals surface area contributed by atoms with Gasteiger partial charge in [0.15, 0.2) is 5.13 Å². The molecule has 18 heavy (non-hydrogen) atoms. The number of carbonyl (C=O) groups is 1. The molecule has 3 aromatic heterocycles. The van der Waals surface area contributed by atoms with Crippen LogP contribution in [0.25, 0.3) is 10.4 Å². The van der Waals surface area contributed by atoms with Crippen LogP contribution in [-0.2, 0) is 0 Å². The molecule has 3 aromatic rings. The standard InChI is InChI=1S/C12H8N2OS3/c15-11(14-12-13-3-5-17-12)10-6-8(7-18-10)9-2-1-4-16-9/h1-7H,(H,13,14,15). The molecule has 3 heterocycles. The van der Waals surface area contributed by atoms with Gasteiger partial charge in [-0.25, -0.2) is 4.98 Å². The van der Waals surface area contributed by atoms with Crippen molar-refractivity contribution in [2.24, 2.45) is 0 Å². The lowest BCUT2D eigenvalue weighted by molar-refractivity contribution is 0.103. The summed E-state index contributed by atoms with van der Waals surface area (Å²) in [5.74, 6) is -0.0993. The molecule has 0 aliphatic carbocycles. The molecule has 0 fully saturated rings. The van der Waals surface area contributed by atoms with Crippen molar-refractivity contribution in [1.82, 2.24) is 4.98 Å². The Hall–Kier alpha value is -1.50. The first-order chi connectivity index (χ1) is 8.83. The van der Waals surface area contributed by atoms with Crippen molar-refractivity contribution in [3.63, 3.8) is 0 Å². The van der Waals surface area contributed by atoms with E-state index in [9.17, 15) is 4.79 Å². The Labute approximate surface area is 116 Å². The van der Waals surface area contributed by atoms with Gasteiger partial charge in [0.05, 0.1) is 4.88 Å². The second-order valence-corrected chi connectivity index (χ2v) is 6.22. The number of nitrogens with zero attached hydrogens (tertiary/aromatic N) is 1. The molecule has 1 amide bonds. The highest BCUT2D eigenvalue weighted by atomic mass is 32.1. The van der Waals surface area contributed by atoms with Gasteiger partial charge in [0.1, 0.15) is 0 Å². The van der Waals surface area contributed by atoms with Crippen LogP contribution in [0.3, 0.4) is 0 Å². The summed E-state index contributed by atoms with van der Waals surface area (Å²) in [6.07, 6.45) is 1.67. The van der Waals surface area contributed by atoms with Crippen molar-refractivity contribution in [2.45, 2.75) is 0 Å². The maximum Gasteiger partial charge on any atom is 0.267 e. The third-order valence-corrected chi connectivity index (χ3v) is 4.82. The maximum absolute atomic E-state index is 12.0. The van der Waals surface area contributed by atoms with E-state index in [1.165, 1.54) is 27.6 Å². The van der Waals surface area contributed by atoms with E-state index in [-0.39, 0.29) is 5.91 Å². The summed E-state index contributed by atoms with van der Waals surface area (Å²) in [6, 6.07) is 5.97. The minimum absolute atomic E-state index is 0.0993. The highest BCUT2D eigenvalue weighted by Crippen LogP contribution is 2.29. The first kappa shape index (κ1) is 11.6. The van der Waals surface area contributed by atoms with E-state index in [2.05, 4.69) is 16.4 Å². The summed E-state index contributed by atoms with van der Waals surface area (Å²) in [7, 11) is 0. The lowest BCUT2D eigenvalue weighted by Gasteiger charge is -1.97. The first-order valence-corrected chi connectivity index (χ1v) is 7.80. The predicted molar refractivity (Wildman–Crippen MR) is 77.7 cm³/mol. The number of thiazole rings is 1. The Morgan fingerprint density at radius 1 is 1.22 bits per heavy atom. The lowest BCUT2D eigenvalue weighted by Crippen LogP contribution is -2.09. The van der Waals surface area contributed by atoms with E-state index in [0.717, 1.165) is 5.56 Å². The summed E-state index contributed by atoms with van der Waals surface area (Å²) in [4.78, 5) is 17.9. The number of hydrogen-bond acceptors (Lipinski definition) is 5. The van der Waals surface area contributed by atoms with E-state index in [4.69, 9.17) is 0 Å². The average molecular weight is 292 g/mol. The molecular formula is C12H8N2OS3. The fourth-order valence-corrected chi connectivity index (χ4v) is 3.59.